The number of anilines is 1. The average molecular weight is 368 g/mol. The van der Waals surface area contributed by atoms with E-state index < -0.39 is 0 Å². The monoisotopic (exact) mass is 368 g/mol. The van der Waals surface area contributed by atoms with E-state index in [2.05, 4.69) is 51.4 Å². The average Bonchev–Trinajstić information content (AvgIpc) is 3.09. The Kier molecular flexibility index (Phi) is 6.40. The molecule has 0 saturated carbocycles. The van der Waals surface area contributed by atoms with Crippen molar-refractivity contribution in [2.45, 2.75) is 45.3 Å². The van der Waals surface area contributed by atoms with E-state index in [4.69, 9.17) is 4.74 Å². The Morgan fingerprint density at radius 1 is 1.26 bits per heavy atom. The summed E-state index contributed by atoms with van der Waals surface area (Å²) in [5.41, 5.74) is 3.35. The van der Waals surface area contributed by atoms with E-state index in [9.17, 15) is 4.79 Å². The Morgan fingerprint density at radius 2 is 2.04 bits per heavy atom. The molecule has 0 bridgehead atoms. The number of ether oxygens (including phenoxy) is 1. The molecule has 1 aliphatic rings. The quantitative estimate of drug-likeness (QED) is 0.813. The lowest BCUT2D eigenvalue weighted by atomic mass is 10.1. The molecule has 3 rings (SSSR count). The minimum Gasteiger partial charge on any atom is -0.380 e. The molecule has 1 saturated heterocycles. The molecule has 144 valence electrons. The predicted molar refractivity (Wildman–Crippen MR) is 106 cm³/mol. The zero-order valence-electron chi connectivity index (χ0n) is 16.3. The zero-order valence-corrected chi connectivity index (χ0v) is 16.3. The van der Waals surface area contributed by atoms with Gasteiger partial charge in [0.05, 0.1) is 12.1 Å². The van der Waals surface area contributed by atoms with E-state index in [1.807, 2.05) is 13.0 Å². The molecular weight excluding hydrogens is 340 g/mol. The third kappa shape index (κ3) is 5.26. The van der Waals surface area contributed by atoms with Crippen LogP contribution in [0.3, 0.4) is 0 Å². The molecule has 1 amide bonds. The molecule has 0 aliphatic carbocycles. The molecular formula is C21H28N4O2. The second-order valence-corrected chi connectivity index (χ2v) is 7.21. The summed E-state index contributed by atoms with van der Waals surface area (Å²) in [6, 6.07) is 10.5. The number of hydrogen-bond donors (Lipinski definition) is 1. The highest BCUT2D eigenvalue weighted by molar-refractivity contribution is 5.76. The van der Waals surface area contributed by atoms with Gasteiger partial charge in [-0.15, -0.1) is 0 Å². The van der Waals surface area contributed by atoms with Crippen LogP contribution in [0.15, 0.2) is 36.7 Å². The predicted octanol–water partition coefficient (Wildman–Crippen LogP) is 2.44. The molecule has 1 N–H and O–H groups in total. The lowest BCUT2D eigenvalue weighted by Crippen LogP contribution is -2.40. The van der Waals surface area contributed by atoms with E-state index >= 15 is 0 Å². The first-order valence-electron chi connectivity index (χ1n) is 9.45. The van der Waals surface area contributed by atoms with Crippen molar-refractivity contribution in [2.24, 2.45) is 0 Å². The van der Waals surface area contributed by atoms with Crippen LogP contribution in [0, 0.1) is 13.8 Å². The second kappa shape index (κ2) is 8.95. The number of nitrogens with one attached hydrogen (secondary N) is 1. The third-order valence-corrected chi connectivity index (χ3v) is 5.09. The lowest BCUT2D eigenvalue weighted by molar-refractivity contribution is -0.121. The maximum atomic E-state index is 12.3. The molecule has 0 radical (unpaired) electrons. The van der Waals surface area contributed by atoms with Crippen LogP contribution in [-0.2, 0) is 16.0 Å². The highest BCUT2D eigenvalue weighted by Gasteiger charge is 2.33. The first-order chi connectivity index (χ1) is 13.0. The number of hydrogen-bond acceptors (Lipinski definition) is 5. The summed E-state index contributed by atoms with van der Waals surface area (Å²) >= 11 is 0. The number of methoxy groups -OCH3 is 1. The first-order valence-corrected chi connectivity index (χ1v) is 9.45. The van der Waals surface area contributed by atoms with Gasteiger partial charge in [0.15, 0.2) is 0 Å². The van der Waals surface area contributed by atoms with Crippen molar-refractivity contribution in [2.75, 3.05) is 25.1 Å². The molecule has 2 heterocycles. The number of amides is 1. The molecule has 0 spiro atoms. The van der Waals surface area contributed by atoms with Crippen LogP contribution in [0.25, 0.3) is 0 Å². The van der Waals surface area contributed by atoms with E-state index in [1.54, 1.807) is 13.4 Å². The normalized spacial score (nSPS) is 19.3. The van der Waals surface area contributed by atoms with E-state index in [-0.39, 0.29) is 18.1 Å². The number of aryl methyl sites for hydroxylation is 3. The van der Waals surface area contributed by atoms with E-state index in [1.165, 1.54) is 11.1 Å². The van der Waals surface area contributed by atoms with Gasteiger partial charge < -0.3 is 15.0 Å². The Bertz CT molecular complexity index is 763. The highest BCUT2D eigenvalue weighted by atomic mass is 16.5. The zero-order chi connectivity index (χ0) is 19.2. The van der Waals surface area contributed by atoms with Crippen molar-refractivity contribution in [3.05, 3.63) is 53.5 Å². The van der Waals surface area contributed by atoms with E-state index in [0.717, 1.165) is 30.9 Å². The molecule has 6 nitrogen and oxygen atoms in total. The van der Waals surface area contributed by atoms with Crippen molar-refractivity contribution < 1.29 is 9.53 Å². The summed E-state index contributed by atoms with van der Waals surface area (Å²) in [6.07, 6.45) is 3.86. The summed E-state index contributed by atoms with van der Waals surface area (Å²) in [4.78, 5) is 23.1. The largest absolute Gasteiger partial charge is 0.380 e. The smallest absolute Gasteiger partial charge is 0.220 e. The second-order valence-electron chi connectivity index (χ2n) is 7.21. The van der Waals surface area contributed by atoms with Crippen LogP contribution < -0.4 is 10.2 Å². The van der Waals surface area contributed by atoms with Gasteiger partial charge in [0.1, 0.15) is 12.1 Å². The Labute approximate surface area is 161 Å². The summed E-state index contributed by atoms with van der Waals surface area (Å²) in [5, 5.41) is 3.09. The van der Waals surface area contributed by atoms with Crippen molar-refractivity contribution in [3.8, 4) is 0 Å². The fourth-order valence-electron chi connectivity index (χ4n) is 3.45. The van der Waals surface area contributed by atoms with Crippen LogP contribution >= 0.6 is 0 Å². The number of carbonyl (C=O) groups excluding carboxylic acids is 1. The summed E-state index contributed by atoms with van der Waals surface area (Å²) in [5.74, 6) is 0.969. The number of rotatable bonds is 7. The Hall–Kier alpha value is -2.47. The van der Waals surface area contributed by atoms with Crippen LogP contribution in [-0.4, -0.2) is 48.2 Å². The fourth-order valence-corrected chi connectivity index (χ4v) is 3.45. The van der Waals surface area contributed by atoms with Crippen molar-refractivity contribution in [3.63, 3.8) is 0 Å². The minimum atomic E-state index is 0.0789. The lowest BCUT2D eigenvalue weighted by Gasteiger charge is -2.25. The molecule has 1 aromatic carbocycles. The molecule has 0 unspecified atom stereocenters. The summed E-state index contributed by atoms with van der Waals surface area (Å²) in [7, 11) is 1.73. The van der Waals surface area contributed by atoms with Crippen molar-refractivity contribution in [1.29, 1.82) is 0 Å². The fraction of sp³-hybridized carbons (Fsp3) is 0.476. The van der Waals surface area contributed by atoms with Gasteiger partial charge >= 0.3 is 0 Å². The standard InChI is InChI=1S/C21H28N4O2/c1-15-4-6-17(7-5-15)8-9-21(26)22-12-18-11-19(27-3)13-25(18)20-10-16(2)23-14-24-20/h4-7,10,14,18-19H,8-9,11-13H2,1-3H3,(H,22,26)/t18-,19-/m0/s1. The van der Waals surface area contributed by atoms with Gasteiger partial charge in [-0.3, -0.25) is 4.79 Å². The van der Waals surface area contributed by atoms with Crippen LogP contribution in [0.1, 0.15) is 29.7 Å². The first kappa shape index (κ1) is 19.3. The van der Waals surface area contributed by atoms with Crippen LogP contribution in [0.2, 0.25) is 0 Å². The van der Waals surface area contributed by atoms with Gasteiger partial charge in [0.25, 0.3) is 0 Å². The molecule has 1 fully saturated rings. The van der Waals surface area contributed by atoms with Crippen molar-refractivity contribution >= 4 is 11.7 Å². The molecule has 1 aromatic heterocycles. The summed E-state index contributed by atoms with van der Waals surface area (Å²) < 4.78 is 5.55. The maximum absolute atomic E-state index is 12.3. The van der Waals surface area contributed by atoms with Gasteiger partial charge in [-0.2, -0.15) is 0 Å². The van der Waals surface area contributed by atoms with Crippen molar-refractivity contribution in [1.82, 2.24) is 15.3 Å². The van der Waals surface area contributed by atoms with Gasteiger partial charge in [-0.1, -0.05) is 29.8 Å². The maximum Gasteiger partial charge on any atom is 0.220 e. The highest BCUT2D eigenvalue weighted by Crippen LogP contribution is 2.25. The van der Waals surface area contributed by atoms with Crippen LogP contribution in [0.4, 0.5) is 5.82 Å². The molecule has 1 aliphatic heterocycles. The number of aromatic nitrogens is 2. The third-order valence-electron chi connectivity index (χ3n) is 5.09. The SMILES string of the molecule is CO[C@H]1C[C@@H](CNC(=O)CCc2ccc(C)cc2)N(c2cc(C)ncn2)C1. The summed E-state index contributed by atoms with van der Waals surface area (Å²) in [6.45, 7) is 5.39. The Balaban J connectivity index is 1.54. The van der Waals surface area contributed by atoms with E-state index in [0.29, 0.717) is 13.0 Å². The molecule has 2 atom stereocenters. The number of benzene rings is 1. The van der Waals surface area contributed by atoms with Gasteiger partial charge in [-0.05, 0) is 32.3 Å². The molecule has 27 heavy (non-hydrogen) atoms. The molecule has 6 heteroatoms. The Morgan fingerprint density at radius 3 is 2.74 bits per heavy atom. The number of nitrogens with zero attached hydrogens (tertiary/aromatic N) is 3. The molecule has 2 aromatic rings. The number of carbonyl (C=O) groups is 1. The van der Waals surface area contributed by atoms with Gasteiger partial charge in [-0.25, -0.2) is 9.97 Å². The van der Waals surface area contributed by atoms with Gasteiger partial charge in [0, 0.05) is 38.4 Å². The topological polar surface area (TPSA) is 67.3 Å². The van der Waals surface area contributed by atoms with Crippen LogP contribution in [0.5, 0.6) is 0 Å². The van der Waals surface area contributed by atoms with Gasteiger partial charge in [0.2, 0.25) is 5.91 Å². The minimum absolute atomic E-state index is 0.0789.